The summed E-state index contributed by atoms with van der Waals surface area (Å²) >= 11 is 28.3. The molecule has 4 aromatic carbocycles. The van der Waals surface area contributed by atoms with Crippen LogP contribution in [-0.4, -0.2) is 19.9 Å². The topological polar surface area (TPSA) is 57.4 Å². The number of aromatic amines is 2. The molecule has 0 unspecified atom stereocenters. The summed E-state index contributed by atoms with van der Waals surface area (Å²) in [5.41, 5.74) is 13.0. The van der Waals surface area contributed by atoms with Crippen molar-refractivity contribution in [2.45, 2.75) is 0 Å². The molecule has 53 heavy (non-hydrogen) atoms. The molecule has 0 aliphatic carbocycles. The van der Waals surface area contributed by atoms with Gasteiger partial charge in [-0.2, -0.15) is 0 Å². The Morgan fingerprint density at radius 3 is 1.47 bits per heavy atom. The van der Waals surface area contributed by atoms with Gasteiger partial charge < -0.3 is 9.97 Å². The van der Waals surface area contributed by atoms with Crippen LogP contribution in [0.4, 0.5) is 0 Å². The number of fused-ring (bicyclic) bond motifs is 8. The summed E-state index contributed by atoms with van der Waals surface area (Å²) in [5.74, 6) is 0. The van der Waals surface area contributed by atoms with Gasteiger partial charge in [-0.05, 0) is 72.8 Å². The third-order valence-electron chi connectivity index (χ3n) is 9.21. The number of H-pyrrole nitrogens is 2. The van der Waals surface area contributed by atoms with E-state index in [1.807, 2.05) is 140 Å². The minimum Gasteiger partial charge on any atom is -0.355 e. The van der Waals surface area contributed by atoms with Crippen LogP contribution in [0.5, 0.6) is 0 Å². The van der Waals surface area contributed by atoms with Crippen molar-refractivity contribution in [2.24, 2.45) is 0 Å². The fraction of sp³-hybridized carbons (Fsp3) is 0. The number of nitrogens with zero attached hydrogens (tertiary/aromatic N) is 2. The van der Waals surface area contributed by atoms with Crippen molar-refractivity contribution in [1.82, 2.24) is 19.9 Å². The van der Waals surface area contributed by atoms with Gasteiger partial charge in [0.05, 0.1) is 28.3 Å². The predicted octanol–water partition coefficient (Wildman–Crippen LogP) is 13.7. The van der Waals surface area contributed by atoms with Crippen LogP contribution >= 0.6 is 46.4 Å². The van der Waals surface area contributed by atoms with Gasteiger partial charge in [-0.3, -0.25) is 0 Å². The monoisotopic (exact) mass is 805 g/mol. The zero-order chi connectivity index (χ0) is 35.3. The molecule has 0 spiro atoms. The first-order valence-electron chi connectivity index (χ1n) is 16.6. The molecule has 8 bridgehead atoms. The van der Waals surface area contributed by atoms with Crippen molar-refractivity contribution in [1.29, 1.82) is 0 Å². The van der Waals surface area contributed by atoms with Crippen molar-refractivity contribution >= 4 is 92.3 Å². The fourth-order valence-electron chi connectivity index (χ4n) is 6.94. The number of hydrogen-bond donors (Lipinski definition) is 2. The molecule has 0 saturated heterocycles. The van der Waals surface area contributed by atoms with Crippen LogP contribution < -0.4 is 0 Å². The Bertz CT molecular complexity index is 2820. The second-order valence-electron chi connectivity index (χ2n) is 12.5. The third-order valence-corrected chi connectivity index (χ3v) is 10.5. The quantitative estimate of drug-likeness (QED) is 0.174. The molecule has 3 aromatic heterocycles. The standard InChI is InChI=1S/C44H26Cl4N4.Mn/c45-35-13-5-1-9-30(35)34-23-29-22-27-18-17-25(49-27)21-26-19-20-28(50-26)24-39-40(31-10-2-6-14-36(31)46)41(32-11-3-7-15-37(32)47)44(52-39)42(43(34)51-29)33-12-4-8-16-38(33)48;/h1-24,49,52H;. The Balaban J connectivity index is 0.00000400. The number of halogens is 4. The molecule has 0 saturated carbocycles. The summed E-state index contributed by atoms with van der Waals surface area (Å²) in [7, 11) is 0. The molecule has 0 fully saturated rings. The van der Waals surface area contributed by atoms with E-state index in [1.165, 1.54) is 0 Å². The van der Waals surface area contributed by atoms with Gasteiger partial charge in [0.1, 0.15) is 0 Å². The number of rotatable bonds is 4. The second kappa shape index (κ2) is 14.5. The molecule has 0 atom stereocenters. The Hall–Kier alpha value is -4.84. The molecular formula is C44H26Cl4MnN4. The van der Waals surface area contributed by atoms with E-state index < -0.39 is 0 Å². The van der Waals surface area contributed by atoms with Crippen LogP contribution in [0.2, 0.25) is 20.1 Å². The molecule has 2 N–H and O–H groups in total. The first kappa shape index (κ1) is 35.2. The van der Waals surface area contributed by atoms with Crippen LogP contribution in [0.15, 0.2) is 127 Å². The van der Waals surface area contributed by atoms with Crippen molar-refractivity contribution in [3.63, 3.8) is 0 Å². The first-order valence-corrected chi connectivity index (χ1v) is 18.1. The largest absolute Gasteiger partial charge is 0.355 e. The molecule has 5 heterocycles. The molecule has 257 valence electrons. The van der Waals surface area contributed by atoms with Gasteiger partial charge in [-0.1, -0.05) is 119 Å². The molecule has 7 aromatic rings. The zero-order valence-electron chi connectivity index (χ0n) is 27.6. The van der Waals surface area contributed by atoms with Gasteiger partial charge in [-0.25, -0.2) is 9.97 Å². The average molecular weight is 807 g/mol. The van der Waals surface area contributed by atoms with E-state index in [1.54, 1.807) is 0 Å². The fourth-order valence-corrected chi connectivity index (χ4v) is 7.87. The molecule has 2 aliphatic rings. The maximum atomic E-state index is 7.16. The van der Waals surface area contributed by atoms with Crippen LogP contribution in [0.1, 0.15) is 28.3 Å². The van der Waals surface area contributed by atoms with Crippen molar-refractivity contribution in [2.75, 3.05) is 0 Å². The van der Waals surface area contributed by atoms with E-state index in [2.05, 4.69) is 16.0 Å². The maximum absolute atomic E-state index is 7.16. The smallest absolute Gasteiger partial charge is 0.0816 e. The third kappa shape index (κ3) is 6.55. The number of hydrogen-bond acceptors (Lipinski definition) is 2. The summed E-state index contributed by atoms with van der Waals surface area (Å²) in [6, 6.07) is 41.4. The van der Waals surface area contributed by atoms with E-state index in [-0.39, 0.29) is 17.1 Å². The summed E-state index contributed by atoms with van der Waals surface area (Å²) in [6.07, 6.45) is 6.08. The Kier molecular flexibility index (Phi) is 9.65. The minimum absolute atomic E-state index is 0. The first-order chi connectivity index (χ1) is 25.4. The maximum Gasteiger partial charge on any atom is 0.0816 e. The van der Waals surface area contributed by atoms with Gasteiger partial charge in [0.15, 0.2) is 0 Å². The Morgan fingerprint density at radius 1 is 0.434 bits per heavy atom. The summed E-state index contributed by atoms with van der Waals surface area (Å²) in [6.45, 7) is 0. The normalized spacial score (nSPS) is 12.0. The van der Waals surface area contributed by atoms with Gasteiger partial charge in [0.25, 0.3) is 0 Å². The van der Waals surface area contributed by atoms with Crippen molar-refractivity contribution in [3.8, 4) is 33.4 Å². The van der Waals surface area contributed by atoms with E-state index in [0.717, 1.165) is 83.7 Å². The summed E-state index contributed by atoms with van der Waals surface area (Å²) in [4.78, 5) is 17.7. The Labute approximate surface area is 336 Å². The molecule has 4 nitrogen and oxygen atoms in total. The molecule has 1 radical (unpaired) electrons. The SMILES string of the molecule is Clc1ccccc1C1=Cc2cc3ccc(cc4nc(cc5[nH]c(c(-c6ccccc6Cl)c1n2)c(-c1ccccc1Cl)c5-c1ccccc1Cl)C=C4)[nH]3.[Mn]. The average Bonchev–Trinajstić information content (AvgIpc) is 3.95. The molecule has 0 amide bonds. The molecule has 2 aliphatic heterocycles. The molecular weight excluding hydrogens is 781 g/mol. The number of aromatic nitrogens is 4. The van der Waals surface area contributed by atoms with Crippen LogP contribution in [0.25, 0.3) is 79.2 Å². The predicted molar refractivity (Wildman–Crippen MR) is 220 cm³/mol. The Morgan fingerprint density at radius 2 is 0.906 bits per heavy atom. The minimum atomic E-state index is 0. The van der Waals surface area contributed by atoms with Crippen LogP contribution in [0.3, 0.4) is 0 Å². The summed E-state index contributed by atoms with van der Waals surface area (Å²) < 4.78 is 0. The summed E-state index contributed by atoms with van der Waals surface area (Å²) in [5, 5.41) is 2.33. The van der Waals surface area contributed by atoms with Crippen LogP contribution in [0, 0.1) is 0 Å². The van der Waals surface area contributed by atoms with Gasteiger partial charge >= 0.3 is 0 Å². The molecule has 9 rings (SSSR count). The number of nitrogens with one attached hydrogen (secondary N) is 2. The van der Waals surface area contributed by atoms with Gasteiger partial charge in [0.2, 0.25) is 0 Å². The molecule has 9 heteroatoms. The van der Waals surface area contributed by atoms with E-state index >= 15 is 0 Å². The second-order valence-corrected chi connectivity index (χ2v) is 14.1. The zero-order valence-corrected chi connectivity index (χ0v) is 31.8. The van der Waals surface area contributed by atoms with Crippen LogP contribution in [-0.2, 0) is 17.1 Å². The number of benzene rings is 4. The van der Waals surface area contributed by atoms with Crippen molar-refractivity contribution in [3.05, 3.63) is 176 Å². The van der Waals surface area contributed by atoms with Gasteiger partial charge in [-0.15, -0.1) is 0 Å². The van der Waals surface area contributed by atoms with E-state index in [4.69, 9.17) is 56.4 Å². The van der Waals surface area contributed by atoms with E-state index in [0.29, 0.717) is 25.8 Å². The van der Waals surface area contributed by atoms with Gasteiger partial charge in [0, 0.05) is 98.2 Å². The van der Waals surface area contributed by atoms with Crippen molar-refractivity contribution < 1.29 is 17.1 Å². The van der Waals surface area contributed by atoms with E-state index in [9.17, 15) is 0 Å².